The molecule has 0 unspecified atom stereocenters. The molecule has 24 heavy (non-hydrogen) atoms. The van der Waals surface area contributed by atoms with Crippen LogP contribution in [0.4, 0.5) is 0 Å². The fourth-order valence-electron chi connectivity index (χ4n) is 2.08. The molecule has 0 aliphatic rings. The fraction of sp³-hybridized carbons (Fsp3) is 0.105. The molecule has 0 bridgehead atoms. The van der Waals surface area contributed by atoms with Crippen LogP contribution in [-0.4, -0.2) is 24.3 Å². The largest absolute Gasteiger partial charge is 0.338 e. The summed E-state index contributed by atoms with van der Waals surface area (Å²) < 4.78 is 0. The van der Waals surface area contributed by atoms with Gasteiger partial charge in [0.15, 0.2) is 5.78 Å². The number of nitrogens with one attached hydrogen (secondary N) is 2. The van der Waals surface area contributed by atoms with E-state index >= 15 is 0 Å². The quantitative estimate of drug-likeness (QED) is 0.464. The molecule has 0 atom stereocenters. The number of hydrogen-bond donors (Lipinski definition) is 2. The minimum atomic E-state index is -0.348. The molecule has 2 aromatic carbocycles. The van der Waals surface area contributed by atoms with Crippen LogP contribution in [0.2, 0.25) is 0 Å². The topological polar surface area (TPSA) is 75.3 Å². The zero-order valence-corrected chi connectivity index (χ0v) is 13.1. The van der Waals surface area contributed by atoms with E-state index in [0.717, 1.165) is 11.6 Å². The number of hydrogen-bond acceptors (Lipinski definition) is 3. The van der Waals surface area contributed by atoms with Crippen LogP contribution in [0.3, 0.4) is 0 Å². The summed E-state index contributed by atoms with van der Waals surface area (Å²) >= 11 is 0. The van der Waals surface area contributed by atoms with Crippen molar-refractivity contribution in [2.45, 2.75) is 6.42 Å². The summed E-state index contributed by atoms with van der Waals surface area (Å²) in [5, 5.41) is 5.03. The van der Waals surface area contributed by atoms with E-state index < -0.39 is 0 Å². The maximum Gasteiger partial charge on any atom is 0.244 e. The molecule has 0 fully saturated rings. The first-order chi connectivity index (χ1) is 11.6. The van der Waals surface area contributed by atoms with Gasteiger partial charge in [-0.25, -0.2) is 0 Å². The van der Waals surface area contributed by atoms with Gasteiger partial charge in [-0.3, -0.25) is 14.4 Å². The van der Waals surface area contributed by atoms with Gasteiger partial charge in [-0.15, -0.1) is 0 Å². The van der Waals surface area contributed by atoms with Crippen molar-refractivity contribution in [1.29, 1.82) is 0 Å². The number of ketones is 1. The Morgan fingerprint density at radius 1 is 0.875 bits per heavy atom. The summed E-state index contributed by atoms with van der Waals surface area (Å²) in [5.41, 5.74) is 1.98. The highest BCUT2D eigenvalue weighted by Crippen LogP contribution is 2.11. The van der Waals surface area contributed by atoms with Gasteiger partial charge < -0.3 is 10.6 Å². The van der Waals surface area contributed by atoms with Crippen molar-refractivity contribution in [1.82, 2.24) is 10.6 Å². The molecule has 2 amide bonds. The Kier molecular flexibility index (Phi) is 6.02. The highest BCUT2D eigenvalue weighted by atomic mass is 16.2. The molecule has 0 heterocycles. The number of carbonyl (C=O) groups excluding carboxylic acids is 3. The Morgan fingerprint density at radius 3 is 2.12 bits per heavy atom. The van der Waals surface area contributed by atoms with Crippen LogP contribution in [-0.2, 0) is 16.0 Å². The van der Waals surface area contributed by atoms with E-state index in [0.29, 0.717) is 11.1 Å². The molecular weight excluding hydrogens is 304 g/mol. The number of benzene rings is 2. The normalized spacial score (nSPS) is 9.83. The lowest BCUT2D eigenvalue weighted by molar-refractivity contribution is -0.121. The Bertz CT molecular complexity index is 737. The molecule has 5 heteroatoms. The zero-order chi connectivity index (χ0) is 17.4. The molecule has 0 saturated heterocycles. The molecule has 2 N–H and O–H groups in total. The lowest BCUT2D eigenvalue weighted by atomic mass is 10.0. The Labute approximate surface area is 140 Å². The highest BCUT2D eigenvalue weighted by molar-refractivity contribution is 6.08. The third-order valence-corrected chi connectivity index (χ3v) is 3.35. The standard InChI is InChI=1S/C19H18N2O3/c1-2-17(22)20-13-21-18(23)12-14-8-10-16(11-9-14)19(24)15-6-4-3-5-7-15/h2-11H,1,12-13H2,(H,20,22)(H,21,23). The first kappa shape index (κ1) is 17.1. The second kappa shape index (κ2) is 8.43. The third kappa shape index (κ3) is 4.91. The lowest BCUT2D eigenvalue weighted by Gasteiger charge is -2.06. The van der Waals surface area contributed by atoms with E-state index in [1.165, 1.54) is 0 Å². The first-order valence-electron chi connectivity index (χ1n) is 7.46. The van der Waals surface area contributed by atoms with Crippen LogP contribution in [0.5, 0.6) is 0 Å². The van der Waals surface area contributed by atoms with Crippen LogP contribution < -0.4 is 10.6 Å². The average molecular weight is 322 g/mol. The second-order valence-electron chi connectivity index (χ2n) is 5.09. The van der Waals surface area contributed by atoms with Crippen molar-refractivity contribution >= 4 is 17.6 Å². The number of amides is 2. The molecule has 5 nitrogen and oxygen atoms in total. The molecule has 0 aliphatic carbocycles. The molecule has 2 aromatic rings. The summed E-state index contributed by atoms with van der Waals surface area (Å²) in [6, 6.07) is 15.9. The molecule has 0 spiro atoms. The molecule has 0 aromatic heterocycles. The summed E-state index contributed by atoms with van der Waals surface area (Å²) in [5.74, 6) is -0.626. The summed E-state index contributed by atoms with van der Waals surface area (Å²) in [6.45, 7) is 3.37. The van der Waals surface area contributed by atoms with E-state index in [9.17, 15) is 14.4 Å². The number of carbonyl (C=O) groups is 3. The molecule has 0 saturated carbocycles. The van der Waals surface area contributed by atoms with E-state index in [2.05, 4.69) is 17.2 Å². The summed E-state index contributed by atoms with van der Waals surface area (Å²) in [4.78, 5) is 35.0. The molecule has 122 valence electrons. The van der Waals surface area contributed by atoms with Gasteiger partial charge in [0.2, 0.25) is 11.8 Å². The van der Waals surface area contributed by atoms with Crippen molar-refractivity contribution in [3.8, 4) is 0 Å². The Balaban J connectivity index is 1.90. The average Bonchev–Trinajstić information content (AvgIpc) is 2.62. The predicted octanol–water partition coefficient (Wildman–Crippen LogP) is 1.84. The van der Waals surface area contributed by atoms with Crippen LogP contribution in [0, 0.1) is 0 Å². The van der Waals surface area contributed by atoms with Crippen molar-refractivity contribution in [2.75, 3.05) is 6.67 Å². The van der Waals surface area contributed by atoms with Gasteiger partial charge in [0.05, 0.1) is 13.1 Å². The zero-order valence-electron chi connectivity index (χ0n) is 13.1. The van der Waals surface area contributed by atoms with E-state index in [1.807, 2.05) is 18.2 Å². The van der Waals surface area contributed by atoms with Crippen LogP contribution in [0.1, 0.15) is 21.5 Å². The summed E-state index contributed by atoms with van der Waals surface area (Å²) in [6.07, 6.45) is 1.30. The Hall–Kier alpha value is -3.21. The van der Waals surface area contributed by atoms with Crippen molar-refractivity contribution in [3.05, 3.63) is 83.9 Å². The van der Waals surface area contributed by atoms with Gasteiger partial charge in [0.1, 0.15) is 0 Å². The smallest absolute Gasteiger partial charge is 0.244 e. The van der Waals surface area contributed by atoms with Gasteiger partial charge in [-0.05, 0) is 11.6 Å². The maximum absolute atomic E-state index is 12.3. The minimum absolute atomic E-state index is 0.0499. The van der Waals surface area contributed by atoms with Crippen molar-refractivity contribution in [3.63, 3.8) is 0 Å². The first-order valence-corrected chi connectivity index (χ1v) is 7.46. The third-order valence-electron chi connectivity index (χ3n) is 3.35. The predicted molar refractivity (Wildman–Crippen MR) is 91.4 cm³/mol. The van der Waals surface area contributed by atoms with Crippen LogP contribution in [0.25, 0.3) is 0 Å². The maximum atomic E-state index is 12.3. The lowest BCUT2D eigenvalue weighted by Crippen LogP contribution is -2.37. The van der Waals surface area contributed by atoms with E-state index in [-0.39, 0.29) is 30.7 Å². The van der Waals surface area contributed by atoms with E-state index in [1.54, 1.807) is 36.4 Å². The summed E-state index contributed by atoms with van der Waals surface area (Å²) in [7, 11) is 0. The monoisotopic (exact) mass is 322 g/mol. The van der Waals surface area contributed by atoms with Gasteiger partial charge in [-0.1, -0.05) is 61.2 Å². The molecule has 2 rings (SSSR count). The second-order valence-corrected chi connectivity index (χ2v) is 5.09. The Morgan fingerprint density at radius 2 is 1.50 bits per heavy atom. The van der Waals surface area contributed by atoms with E-state index in [4.69, 9.17) is 0 Å². The van der Waals surface area contributed by atoms with Crippen molar-refractivity contribution in [2.24, 2.45) is 0 Å². The van der Waals surface area contributed by atoms with Gasteiger partial charge in [0, 0.05) is 11.1 Å². The van der Waals surface area contributed by atoms with Gasteiger partial charge in [0.25, 0.3) is 0 Å². The highest BCUT2D eigenvalue weighted by Gasteiger charge is 2.09. The molecule has 0 aliphatic heterocycles. The fourth-order valence-corrected chi connectivity index (χ4v) is 2.08. The van der Waals surface area contributed by atoms with Gasteiger partial charge >= 0.3 is 0 Å². The van der Waals surface area contributed by atoms with Gasteiger partial charge in [-0.2, -0.15) is 0 Å². The molecular formula is C19H18N2O3. The van der Waals surface area contributed by atoms with Crippen molar-refractivity contribution < 1.29 is 14.4 Å². The number of rotatable bonds is 7. The minimum Gasteiger partial charge on any atom is -0.338 e. The SMILES string of the molecule is C=CC(=O)NCNC(=O)Cc1ccc(C(=O)c2ccccc2)cc1. The van der Waals surface area contributed by atoms with Crippen LogP contribution >= 0.6 is 0 Å². The van der Waals surface area contributed by atoms with Crippen LogP contribution in [0.15, 0.2) is 67.3 Å². The molecule has 0 radical (unpaired) electrons.